The molecule has 0 saturated carbocycles. The highest BCUT2D eigenvalue weighted by molar-refractivity contribution is 5.33. The zero-order valence-corrected chi connectivity index (χ0v) is 13.9. The van der Waals surface area contributed by atoms with Crippen molar-refractivity contribution in [2.45, 2.75) is 33.4 Å². The second-order valence-corrected chi connectivity index (χ2v) is 5.99. The van der Waals surface area contributed by atoms with Gasteiger partial charge in [-0.05, 0) is 44.0 Å². The number of fused-ring (bicyclic) bond motifs is 1. The van der Waals surface area contributed by atoms with E-state index in [0.717, 1.165) is 16.9 Å². The van der Waals surface area contributed by atoms with Gasteiger partial charge in [-0.2, -0.15) is 14.6 Å². The van der Waals surface area contributed by atoms with Gasteiger partial charge < -0.3 is 14.4 Å². The largest absolute Gasteiger partial charge is 0.491 e. The van der Waals surface area contributed by atoms with Crippen LogP contribution in [-0.2, 0) is 6.54 Å². The summed E-state index contributed by atoms with van der Waals surface area (Å²) in [6.45, 7) is 6.21. The summed E-state index contributed by atoms with van der Waals surface area (Å²) in [7, 11) is 0. The fraction of sp³-hybridized carbons (Fsp3) is 0.353. The molecule has 0 saturated heterocycles. The maximum Gasteiger partial charge on any atom is 0.275 e. The average molecular weight is 328 g/mol. The van der Waals surface area contributed by atoms with Crippen LogP contribution in [0.15, 0.2) is 35.4 Å². The van der Waals surface area contributed by atoms with Gasteiger partial charge in [-0.3, -0.25) is 4.79 Å². The predicted octanol–water partition coefficient (Wildman–Crippen LogP) is 1.26. The van der Waals surface area contributed by atoms with Gasteiger partial charge in [0.05, 0.1) is 6.54 Å². The first-order valence-corrected chi connectivity index (χ1v) is 7.73. The third-order valence-electron chi connectivity index (χ3n) is 3.77. The summed E-state index contributed by atoms with van der Waals surface area (Å²) in [4.78, 5) is 15.9. The van der Waals surface area contributed by atoms with E-state index in [-0.39, 0.29) is 18.7 Å². The summed E-state index contributed by atoms with van der Waals surface area (Å²) in [5.74, 6) is 1.14. The summed E-state index contributed by atoms with van der Waals surface area (Å²) in [5.41, 5.74) is 2.70. The Labute approximate surface area is 139 Å². The van der Waals surface area contributed by atoms with Crippen LogP contribution in [0.1, 0.15) is 16.8 Å². The highest BCUT2D eigenvalue weighted by atomic mass is 16.5. The maximum atomic E-state index is 11.8. The Morgan fingerprint density at radius 3 is 2.58 bits per heavy atom. The van der Waals surface area contributed by atoms with Gasteiger partial charge in [0.25, 0.3) is 5.56 Å². The summed E-state index contributed by atoms with van der Waals surface area (Å²) in [5, 5.41) is 14.2. The molecule has 2 heterocycles. The lowest BCUT2D eigenvalue weighted by Crippen LogP contribution is -2.28. The normalized spacial score (nSPS) is 12.5. The van der Waals surface area contributed by atoms with Gasteiger partial charge in [0.1, 0.15) is 24.8 Å². The molecule has 2 aromatic heterocycles. The van der Waals surface area contributed by atoms with Crippen LogP contribution in [0.4, 0.5) is 0 Å². The first-order chi connectivity index (χ1) is 11.4. The Morgan fingerprint density at radius 2 is 1.88 bits per heavy atom. The van der Waals surface area contributed by atoms with E-state index < -0.39 is 6.10 Å². The number of nitrogens with zero attached hydrogens (tertiary/aromatic N) is 4. The lowest BCUT2D eigenvalue weighted by molar-refractivity contribution is 0.0924. The second kappa shape index (κ2) is 6.45. The summed E-state index contributed by atoms with van der Waals surface area (Å²) < 4.78 is 8.66. The first-order valence-electron chi connectivity index (χ1n) is 7.73. The van der Waals surface area contributed by atoms with Crippen LogP contribution < -0.4 is 10.3 Å². The van der Waals surface area contributed by atoms with Crippen molar-refractivity contribution in [3.63, 3.8) is 0 Å². The molecule has 0 bridgehead atoms. The number of benzene rings is 1. The van der Waals surface area contributed by atoms with Gasteiger partial charge in [-0.1, -0.05) is 6.07 Å². The Bertz CT molecular complexity index is 909. The number of rotatable bonds is 5. The van der Waals surface area contributed by atoms with Gasteiger partial charge in [0.2, 0.25) is 5.78 Å². The van der Waals surface area contributed by atoms with Crippen LogP contribution in [-0.4, -0.2) is 37.0 Å². The minimum atomic E-state index is -0.743. The smallest absolute Gasteiger partial charge is 0.275 e. The van der Waals surface area contributed by atoms with Gasteiger partial charge in [0, 0.05) is 11.8 Å². The zero-order valence-electron chi connectivity index (χ0n) is 13.9. The third-order valence-corrected chi connectivity index (χ3v) is 3.77. The van der Waals surface area contributed by atoms with E-state index in [1.54, 1.807) is 11.5 Å². The molecule has 0 amide bonds. The summed E-state index contributed by atoms with van der Waals surface area (Å²) in [6, 6.07) is 7.40. The molecule has 0 radical (unpaired) electrons. The number of hydrogen-bond acceptors (Lipinski definition) is 5. The van der Waals surface area contributed by atoms with Crippen LogP contribution in [0.5, 0.6) is 5.75 Å². The molecule has 0 spiro atoms. The van der Waals surface area contributed by atoms with E-state index in [4.69, 9.17) is 4.74 Å². The minimum Gasteiger partial charge on any atom is -0.491 e. The van der Waals surface area contributed by atoms with Crippen molar-refractivity contribution < 1.29 is 9.84 Å². The summed E-state index contributed by atoms with van der Waals surface area (Å²) in [6.07, 6.45) is 0.581. The summed E-state index contributed by atoms with van der Waals surface area (Å²) >= 11 is 0. The highest BCUT2D eigenvalue weighted by Gasteiger charge is 2.13. The van der Waals surface area contributed by atoms with Crippen molar-refractivity contribution in [1.29, 1.82) is 0 Å². The van der Waals surface area contributed by atoms with Gasteiger partial charge in [0.15, 0.2) is 0 Å². The van der Waals surface area contributed by atoms with Crippen LogP contribution in [0, 0.1) is 20.8 Å². The third kappa shape index (κ3) is 3.30. The Kier molecular flexibility index (Phi) is 4.35. The molecule has 0 aliphatic rings. The van der Waals surface area contributed by atoms with Gasteiger partial charge in [-0.25, -0.2) is 0 Å². The lowest BCUT2D eigenvalue weighted by Gasteiger charge is -2.17. The number of aryl methyl sites for hydroxylation is 3. The average Bonchev–Trinajstić information content (AvgIpc) is 2.98. The van der Waals surface area contributed by atoms with Gasteiger partial charge in [-0.15, -0.1) is 0 Å². The number of aliphatic hydroxyl groups excluding tert-OH is 1. The zero-order chi connectivity index (χ0) is 17.3. The molecule has 0 fully saturated rings. The quantitative estimate of drug-likeness (QED) is 0.762. The monoisotopic (exact) mass is 328 g/mol. The van der Waals surface area contributed by atoms with E-state index in [1.165, 1.54) is 16.9 Å². The molecule has 1 atom stereocenters. The molecule has 3 rings (SSSR count). The molecular weight excluding hydrogens is 308 g/mol. The van der Waals surface area contributed by atoms with Crippen molar-refractivity contribution >= 4 is 5.78 Å². The second-order valence-electron chi connectivity index (χ2n) is 5.99. The molecule has 24 heavy (non-hydrogen) atoms. The predicted molar refractivity (Wildman–Crippen MR) is 89.4 cm³/mol. The standard InChI is InChI=1S/C17H20N4O3/c1-11-4-12(2)6-15(5-11)24-9-14(22)8-20-13(3)7-16(23)21-17(20)18-10-19-21/h4-7,10,14,22H,8-9H2,1-3H3/t14-/m0/s1. The van der Waals surface area contributed by atoms with E-state index in [2.05, 4.69) is 16.1 Å². The maximum absolute atomic E-state index is 11.8. The first kappa shape index (κ1) is 16.2. The molecule has 126 valence electrons. The number of ether oxygens (including phenoxy) is 1. The Balaban J connectivity index is 1.74. The van der Waals surface area contributed by atoms with Crippen LogP contribution in [0.2, 0.25) is 0 Å². The van der Waals surface area contributed by atoms with E-state index in [9.17, 15) is 9.90 Å². The van der Waals surface area contributed by atoms with Crippen molar-refractivity contribution in [2.24, 2.45) is 0 Å². The number of hydrogen-bond donors (Lipinski definition) is 1. The Morgan fingerprint density at radius 1 is 1.17 bits per heavy atom. The highest BCUT2D eigenvalue weighted by Crippen LogP contribution is 2.16. The Hall–Kier alpha value is -2.67. The molecule has 0 aliphatic heterocycles. The van der Waals surface area contributed by atoms with E-state index >= 15 is 0 Å². The fourth-order valence-electron chi connectivity index (χ4n) is 2.75. The van der Waals surface area contributed by atoms with Crippen LogP contribution >= 0.6 is 0 Å². The number of aromatic nitrogens is 4. The van der Waals surface area contributed by atoms with Crippen LogP contribution in [0.25, 0.3) is 5.78 Å². The van der Waals surface area contributed by atoms with Gasteiger partial charge >= 0.3 is 0 Å². The molecule has 7 heteroatoms. The van der Waals surface area contributed by atoms with E-state index in [0.29, 0.717) is 11.5 Å². The van der Waals surface area contributed by atoms with Crippen molar-refractivity contribution in [3.05, 3.63) is 57.8 Å². The molecule has 3 aromatic rings. The van der Waals surface area contributed by atoms with E-state index in [1.807, 2.05) is 26.0 Å². The number of aliphatic hydroxyl groups is 1. The molecule has 1 N–H and O–H groups in total. The minimum absolute atomic E-state index is 0.148. The fourth-order valence-corrected chi connectivity index (χ4v) is 2.75. The van der Waals surface area contributed by atoms with Crippen molar-refractivity contribution in [2.75, 3.05) is 6.61 Å². The molecule has 1 aromatic carbocycles. The van der Waals surface area contributed by atoms with Crippen molar-refractivity contribution in [3.8, 4) is 5.75 Å². The van der Waals surface area contributed by atoms with Crippen LogP contribution in [0.3, 0.4) is 0 Å². The SMILES string of the molecule is Cc1cc(C)cc(OC[C@@H](O)Cn2c(C)cc(=O)n3ncnc23)c1. The molecule has 0 aliphatic carbocycles. The molecule has 7 nitrogen and oxygen atoms in total. The topological polar surface area (TPSA) is 81.7 Å². The molecule has 0 unspecified atom stereocenters. The molecular formula is C17H20N4O3. The van der Waals surface area contributed by atoms with Crippen molar-refractivity contribution in [1.82, 2.24) is 19.2 Å². The lowest BCUT2D eigenvalue weighted by atomic mass is 10.1.